The fourth-order valence-electron chi connectivity index (χ4n) is 1.10. The summed E-state index contributed by atoms with van der Waals surface area (Å²) in [5.41, 5.74) is 1.24. The first kappa shape index (κ1) is 11.6. The lowest BCUT2D eigenvalue weighted by Crippen LogP contribution is -2.18. The molecule has 0 aliphatic carbocycles. The fourth-order valence-corrected chi connectivity index (χ4v) is 1.70. The Bertz CT molecular complexity index is 299. The Morgan fingerprint density at radius 2 is 2.07 bits per heavy atom. The highest BCUT2D eigenvalue weighted by molar-refractivity contribution is 9.18. The van der Waals surface area contributed by atoms with Crippen LogP contribution in [0.25, 0.3) is 0 Å². The molecule has 1 aromatic rings. The molecule has 0 aliphatic heterocycles. The minimum Gasteiger partial charge on any atom is -0.346 e. The van der Waals surface area contributed by atoms with Crippen molar-refractivity contribution in [2.45, 2.75) is 11.3 Å². The van der Waals surface area contributed by atoms with Crippen LogP contribution in [0.15, 0.2) is 29.2 Å². The summed E-state index contributed by atoms with van der Waals surface area (Å²) in [5.74, 6) is 0. The van der Waals surface area contributed by atoms with Crippen LogP contribution in [0.5, 0.6) is 0 Å². The minimum atomic E-state index is -0.154. The van der Waals surface area contributed by atoms with Gasteiger partial charge in [-0.2, -0.15) is 0 Å². The predicted octanol–water partition coefficient (Wildman–Crippen LogP) is 3.06. The summed E-state index contributed by atoms with van der Waals surface area (Å²) >= 11 is 4.55. The molecule has 4 heteroatoms. The van der Waals surface area contributed by atoms with Crippen LogP contribution >= 0.6 is 27.7 Å². The van der Waals surface area contributed by atoms with Crippen molar-refractivity contribution in [1.29, 1.82) is 0 Å². The Kier molecular flexibility index (Phi) is 5.04. The number of benzene rings is 1. The summed E-state index contributed by atoms with van der Waals surface area (Å²) in [6, 6.07) is 8.37. The summed E-state index contributed by atoms with van der Waals surface area (Å²) < 4.78 is 0. The second-order valence-electron chi connectivity index (χ2n) is 2.80. The number of nitrogens with one attached hydrogen (secondary N) is 1. The Morgan fingerprint density at radius 3 is 2.57 bits per heavy atom. The third-order valence-corrected chi connectivity index (χ3v) is 2.86. The largest absolute Gasteiger partial charge is 0.346 e. The van der Waals surface area contributed by atoms with Gasteiger partial charge in [-0.05, 0) is 30.4 Å². The molecule has 0 saturated carbocycles. The van der Waals surface area contributed by atoms with E-state index < -0.39 is 0 Å². The van der Waals surface area contributed by atoms with Crippen LogP contribution in [-0.4, -0.2) is 17.6 Å². The maximum absolute atomic E-state index is 10.5. The van der Waals surface area contributed by atoms with Crippen molar-refractivity contribution in [3.05, 3.63) is 29.8 Å². The van der Waals surface area contributed by atoms with Crippen molar-refractivity contribution in [3.8, 4) is 0 Å². The Balaban J connectivity index is 2.40. The Morgan fingerprint density at radius 1 is 1.43 bits per heavy atom. The molecule has 14 heavy (non-hydrogen) atoms. The second kappa shape index (κ2) is 6.09. The number of carbonyl (C=O) groups excluding carboxylic acids is 1. The van der Waals surface area contributed by atoms with Crippen molar-refractivity contribution in [3.63, 3.8) is 0 Å². The zero-order chi connectivity index (χ0) is 10.4. The van der Waals surface area contributed by atoms with Crippen molar-refractivity contribution < 1.29 is 4.79 Å². The fraction of sp³-hybridized carbons (Fsp3) is 0.300. The van der Waals surface area contributed by atoms with Crippen LogP contribution in [0.4, 0.5) is 4.79 Å². The van der Waals surface area contributed by atoms with Gasteiger partial charge in [0.05, 0.1) is 0 Å². The van der Waals surface area contributed by atoms with Gasteiger partial charge in [0.25, 0.3) is 4.82 Å². The van der Waals surface area contributed by atoms with Gasteiger partial charge in [0.2, 0.25) is 0 Å². The Labute approximate surface area is 96.6 Å². The summed E-state index contributed by atoms with van der Waals surface area (Å²) in [7, 11) is 0. The van der Waals surface area contributed by atoms with Gasteiger partial charge in [0, 0.05) is 27.4 Å². The molecule has 0 spiro atoms. The lowest BCUT2D eigenvalue weighted by molar-refractivity contribution is 0.262. The second-order valence-corrected chi connectivity index (χ2v) is 4.40. The zero-order valence-electron chi connectivity index (χ0n) is 7.92. The smallest absolute Gasteiger partial charge is 0.287 e. The first-order chi connectivity index (χ1) is 6.72. The van der Waals surface area contributed by atoms with E-state index in [4.69, 9.17) is 0 Å². The first-order valence-corrected chi connectivity index (χ1v) is 6.30. The van der Waals surface area contributed by atoms with Gasteiger partial charge in [0.15, 0.2) is 0 Å². The van der Waals surface area contributed by atoms with Gasteiger partial charge in [-0.25, -0.2) is 0 Å². The highest BCUT2D eigenvalue weighted by Gasteiger charge is 1.95. The first-order valence-electron chi connectivity index (χ1n) is 4.28. The molecule has 0 aliphatic rings. The molecule has 0 unspecified atom stereocenters. The van der Waals surface area contributed by atoms with Crippen molar-refractivity contribution in [2.24, 2.45) is 0 Å². The number of amides is 1. The van der Waals surface area contributed by atoms with Gasteiger partial charge in [0.1, 0.15) is 0 Å². The molecule has 1 rings (SSSR count). The van der Waals surface area contributed by atoms with E-state index in [0.717, 1.165) is 6.42 Å². The average molecular weight is 274 g/mol. The normalized spacial score (nSPS) is 9.86. The van der Waals surface area contributed by atoms with E-state index in [-0.39, 0.29) is 4.82 Å². The van der Waals surface area contributed by atoms with E-state index in [0.29, 0.717) is 6.54 Å². The molecule has 76 valence electrons. The molecule has 1 amide bonds. The highest BCUT2D eigenvalue weighted by atomic mass is 79.9. The van der Waals surface area contributed by atoms with Crippen LogP contribution in [0.3, 0.4) is 0 Å². The predicted molar refractivity (Wildman–Crippen MR) is 64.3 cm³/mol. The highest BCUT2D eigenvalue weighted by Crippen LogP contribution is 2.14. The lowest BCUT2D eigenvalue weighted by atomic mass is 10.1. The lowest BCUT2D eigenvalue weighted by Gasteiger charge is -2.02. The van der Waals surface area contributed by atoms with E-state index in [1.807, 2.05) is 0 Å². The molecule has 0 bridgehead atoms. The van der Waals surface area contributed by atoms with Gasteiger partial charge in [-0.1, -0.05) is 12.1 Å². The van der Waals surface area contributed by atoms with Crippen LogP contribution in [-0.2, 0) is 6.42 Å². The van der Waals surface area contributed by atoms with Gasteiger partial charge in [-0.3, -0.25) is 4.79 Å². The van der Waals surface area contributed by atoms with Crippen molar-refractivity contribution in [2.75, 3.05) is 12.8 Å². The molecule has 2 nitrogen and oxygen atoms in total. The molecule has 0 fully saturated rings. The van der Waals surface area contributed by atoms with Crippen LogP contribution in [0.1, 0.15) is 5.56 Å². The summed E-state index contributed by atoms with van der Waals surface area (Å²) in [6.07, 6.45) is 2.92. The number of thioether (sulfide) groups is 1. The molecular weight excluding hydrogens is 262 g/mol. The number of rotatable bonds is 4. The molecule has 0 heterocycles. The number of hydrogen-bond acceptors (Lipinski definition) is 2. The standard InChI is InChI=1S/C10H12BrNOS/c1-14-9-4-2-8(3-5-9)6-7-12-10(11)13/h2-5H,6-7H2,1H3,(H,12,13). The summed E-state index contributed by atoms with van der Waals surface area (Å²) in [4.78, 5) is 11.6. The third-order valence-electron chi connectivity index (χ3n) is 1.84. The molecular formula is C10H12BrNOS. The summed E-state index contributed by atoms with van der Waals surface area (Å²) in [5, 5.41) is 2.70. The SMILES string of the molecule is CSc1ccc(CCNC(=O)Br)cc1. The number of halogens is 1. The number of carbonyl (C=O) groups is 1. The van der Waals surface area contributed by atoms with Crippen LogP contribution < -0.4 is 5.32 Å². The summed E-state index contributed by atoms with van der Waals surface area (Å²) in [6.45, 7) is 0.669. The molecule has 1 N–H and O–H groups in total. The Hall–Kier alpha value is -0.480. The van der Waals surface area contributed by atoms with Gasteiger partial charge in [-0.15, -0.1) is 11.8 Å². The van der Waals surface area contributed by atoms with E-state index in [1.165, 1.54) is 10.5 Å². The molecule has 1 aromatic carbocycles. The van der Waals surface area contributed by atoms with E-state index in [2.05, 4.69) is 51.8 Å². The maximum Gasteiger partial charge on any atom is 0.287 e. The number of hydrogen-bond donors (Lipinski definition) is 1. The van der Waals surface area contributed by atoms with Crippen LogP contribution in [0, 0.1) is 0 Å². The van der Waals surface area contributed by atoms with Gasteiger partial charge >= 0.3 is 0 Å². The molecule has 0 aromatic heterocycles. The van der Waals surface area contributed by atoms with E-state index >= 15 is 0 Å². The molecule has 0 atom stereocenters. The monoisotopic (exact) mass is 273 g/mol. The quantitative estimate of drug-likeness (QED) is 0.519. The van der Waals surface area contributed by atoms with Crippen molar-refractivity contribution >= 4 is 32.5 Å². The maximum atomic E-state index is 10.5. The average Bonchev–Trinajstić information content (AvgIpc) is 2.18. The third kappa shape index (κ3) is 4.15. The zero-order valence-corrected chi connectivity index (χ0v) is 10.3. The van der Waals surface area contributed by atoms with Crippen molar-refractivity contribution in [1.82, 2.24) is 5.32 Å². The van der Waals surface area contributed by atoms with E-state index in [1.54, 1.807) is 11.8 Å². The topological polar surface area (TPSA) is 29.1 Å². The van der Waals surface area contributed by atoms with E-state index in [9.17, 15) is 4.79 Å². The van der Waals surface area contributed by atoms with Gasteiger partial charge < -0.3 is 5.32 Å². The van der Waals surface area contributed by atoms with Crippen LogP contribution in [0.2, 0.25) is 0 Å². The molecule has 0 radical (unpaired) electrons. The molecule has 0 saturated heterocycles. The minimum absolute atomic E-state index is 0.154.